The van der Waals surface area contributed by atoms with E-state index >= 15 is 0 Å². The van der Waals surface area contributed by atoms with Gasteiger partial charge in [-0.2, -0.15) is 0 Å². The standard InChI is InChI=1S/C13H11BrF2O/c1-8-5-9(7-17-8)11(14)6-10-12(15)3-2-4-13(10)16/h2-5,7,11H,6H2,1H3. The second-order valence-electron chi connectivity index (χ2n) is 3.86. The first-order valence-electron chi connectivity index (χ1n) is 5.20. The van der Waals surface area contributed by atoms with Crippen LogP contribution in [-0.2, 0) is 6.42 Å². The van der Waals surface area contributed by atoms with E-state index in [9.17, 15) is 8.78 Å². The van der Waals surface area contributed by atoms with E-state index in [0.29, 0.717) is 0 Å². The lowest BCUT2D eigenvalue weighted by atomic mass is 10.1. The minimum atomic E-state index is -0.519. The predicted molar refractivity (Wildman–Crippen MR) is 65.2 cm³/mol. The molecule has 0 saturated carbocycles. The van der Waals surface area contributed by atoms with Gasteiger partial charge < -0.3 is 4.42 Å². The molecular formula is C13H11BrF2O. The van der Waals surface area contributed by atoms with Crippen LogP contribution in [0.5, 0.6) is 0 Å². The molecule has 1 aromatic heterocycles. The minimum Gasteiger partial charge on any atom is -0.469 e. The highest BCUT2D eigenvalue weighted by atomic mass is 79.9. The van der Waals surface area contributed by atoms with Crippen molar-refractivity contribution in [2.75, 3.05) is 0 Å². The van der Waals surface area contributed by atoms with Gasteiger partial charge in [-0.15, -0.1) is 0 Å². The van der Waals surface area contributed by atoms with Gasteiger partial charge in [-0.3, -0.25) is 0 Å². The second-order valence-corrected chi connectivity index (χ2v) is 4.97. The number of rotatable bonds is 3. The molecule has 1 nitrogen and oxygen atoms in total. The molecule has 1 unspecified atom stereocenters. The van der Waals surface area contributed by atoms with Crippen molar-refractivity contribution >= 4 is 15.9 Å². The smallest absolute Gasteiger partial charge is 0.129 e. The summed E-state index contributed by atoms with van der Waals surface area (Å²) < 4.78 is 32.1. The van der Waals surface area contributed by atoms with Gasteiger partial charge in [-0.1, -0.05) is 22.0 Å². The van der Waals surface area contributed by atoms with Gasteiger partial charge >= 0.3 is 0 Å². The fourth-order valence-corrected chi connectivity index (χ4v) is 2.22. The zero-order valence-corrected chi connectivity index (χ0v) is 10.8. The summed E-state index contributed by atoms with van der Waals surface area (Å²) in [7, 11) is 0. The summed E-state index contributed by atoms with van der Waals surface area (Å²) in [5.41, 5.74) is 0.971. The fourth-order valence-electron chi connectivity index (χ4n) is 1.65. The van der Waals surface area contributed by atoms with E-state index in [1.54, 1.807) is 6.26 Å². The third kappa shape index (κ3) is 2.75. The van der Waals surface area contributed by atoms with Crippen LogP contribution in [0.25, 0.3) is 0 Å². The number of benzene rings is 1. The third-order valence-electron chi connectivity index (χ3n) is 2.56. The van der Waals surface area contributed by atoms with E-state index in [4.69, 9.17) is 4.42 Å². The van der Waals surface area contributed by atoms with E-state index in [-0.39, 0.29) is 16.8 Å². The first kappa shape index (κ1) is 12.3. The SMILES string of the molecule is Cc1cc(C(Br)Cc2c(F)cccc2F)co1. The Morgan fingerprint density at radius 1 is 1.29 bits per heavy atom. The Balaban J connectivity index is 2.21. The molecule has 0 aliphatic rings. The van der Waals surface area contributed by atoms with Crippen LogP contribution in [0.2, 0.25) is 0 Å². The van der Waals surface area contributed by atoms with E-state index < -0.39 is 11.6 Å². The molecule has 0 saturated heterocycles. The average molecular weight is 301 g/mol. The highest BCUT2D eigenvalue weighted by Crippen LogP contribution is 2.30. The van der Waals surface area contributed by atoms with E-state index in [1.165, 1.54) is 18.2 Å². The van der Waals surface area contributed by atoms with Gasteiger partial charge in [-0.25, -0.2) is 8.78 Å². The van der Waals surface area contributed by atoms with Gasteiger partial charge in [0.1, 0.15) is 17.4 Å². The molecule has 0 N–H and O–H groups in total. The normalized spacial score (nSPS) is 12.7. The maximum atomic E-state index is 13.4. The lowest BCUT2D eigenvalue weighted by Gasteiger charge is -2.09. The fraction of sp³-hybridized carbons (Fsp3) is 0.231. The summed E-state index contributed by atoms with van der Waals surface area (Å²) in [4.78, 5) is -0.161. The Hall–Kier alpha value is -1.16. The Kier molecular flexibility index (Phi) is 3.62. The molecule has 1 atom stereocenters. The van der Waals surface area contributed by atoms with Gasteiger partial charge in [0, 0.05) is 16.0 Å². The average Bonchev–Trinajstić information content (AvgIpc) is 2.70. The Morgan fingerprint density at radius 3 is 2.47 bits per heavy atom. The lowest BCUT2D eigenvalue weighted by molar-refractivity contribution is 0.530. The van der Waals surface area contributed by atoms with Gasteiger partial charge in [0.2, 0.25) is 0 Å². The van der Waals surface area contributed by atoms with Crippen molar-refractivity contribution in [3.63, 3.8) is 0 Å². The van der Waals surface area contributed by atoms with Crippen LogP contribution in [0.15, 0.2) is 34.9 Å². The Labute approximate surface area is 107 Å². The molecule has 2 aromatic rings. The molecule has 0 aliphatic carbocycles. The number of hydrogen-bond acceptors (Lipinski definition) is 1. The summed E-state index contributed by atoms with van der Waals surface area (Å²) >= 11 is 3.41. The number of halogens is 3. The molecule has 4 heteroatoms. The van der Waals surface area contributed by atoms with Crippen molar-refractivity contribution in [3.8, 4) is 0 Å². The number of furan rings is 1. The van der Waals surface area contributed by atoms with Crippen LogP contribution in [0, 0.1) is 18.6 Å². The van der Waals surface area contributed by atoms with Gasteiger partial charge in [0.15, 0.2) is 0 Å². The van der Waals surface area contributed by atoms with Crippen LogP contribution in [0.3, 0.4) is 0 Å². The first-order chi connectivity index (χ1) is 8.08. The molecule has 17 heavy (non-hydrogen) atoms. The molecule has 1 heterocycles. The summed E-state index contributed by atoms with van der Waals surface area (Å²) in [5, 5.41) is 0. The van der Waals surface area contributed by atoms with Crippen molar-refractivity contribution in [1.82, 2.24) is 0 Å². The zero-order chi connectivity index (χ0) is 12.4. The maximum absolute atomic E-state index is 13.4. The van der Waals surface area contributed by atoms with Crippen molar-refractivity contribution in [1.29, 1.82) is 0 Å². The summed E-state index contributed by atoms with van der Waals surface area (Å²) in [6, 6.07) is 5.73. The Morgan fingerprint density at radius 2 is 1.94 bits per heavy atom. The molecule has 0 fully saturated rings. The molecular weight excluding hydrogens is 290 g/mol. The highest BCUT2D eigenvalue weighted by Gasteiger charge is 2.16. The quantitative estimate of drug-likeness (QED) is 0.758. The third-order valence-corrected chi connectivity index (χ3v) is 3.41. The van der Waals surface area contributed by atoms with Crippen molar-refractivity contribution in [2.45, 2.75) is 18.2 Å². The summed E-state index contributed by atoms with van der Waals surface area (Å²) in [5.74, 6) is -0.261. The van der Waals surface area contributed by atoms with E-state index in [2.05, 4.69) is 15.9 Å². The van der Waals surface area contributed by atoms with Gasteiger partial charge in [-0.05, 0) is 31.5 Å². The molecule has 0 radical (unpaired) electrons. The number of alkyl halides is 1. The summed E-state index contributed by atoms with van der Waals surface area (Å²) in [6.07, 6.45) is 1.84. The first-order valence-corrected chi connectivity index (χ1v) is 6.11. The molecule has 0 spiro atoms. The predicted octanol–water partition coefficient (Wildman–Crippen LogP) is 4.54. The van der Waals surface area contributed by atoms with Crippen LogP contribution < -0.4 is 0 Å². The van der Waals surface area contributed by atoms with Crippen LogP contribution in [-0.4, -0.2) is 0 Å². The molecule has 0 bridgehead atoms. The molecule has 0 amide bonds. The van der Waals surface area contributed by atoms with Crippen LogP contribution in [0.4, 0.5) is 8.78 Å². The van der Waals surface area contributed by atoms with Gasteiger partial charge in [0.25, 0.3) is 0 Å². The van der Waals surface area contributed by atoms with E-state index in [1.807, 2.05) is 13.0 Å². The minimum absolute atomic E-state index is 0.0910. The maximum Gasteiger partial charge on any atom is 0.129 e. The van der Waals surface area contributed by atoms with Crippen molar-refractivity contribution in [2.24, 2.45) is 0 Å². The summed E-state index contributed by atoms with van der Waals surface area (Å²) in [6.45, 7) is 1.83. The second kappa shape index (κ2) is 5.00. The molecule has 1 aromatic carbocycles. The number of hydrogen-bond donors (Lipinski definition) is 0. The van der Waals surface area contributed by atoms with Crippen molar-refractivity contribution in [3.05, 3.63) is 59.1 Å². The number of aryl methyl sites for hydroxylation is 1. The van der Waals surface area contributed by atoms with Crippen LogP contribution in [0.1, 0.15) is 21.7 Å². The monoisotopic (exact) mass is 300 g/mol. The molecule has 0 aliphatic heterocycles. The molecule has 90 valence electrons. The largest absolute Gasteiger partial charge is 0.469 e. The zero-order valence-electron chi connectivity index (χ0n) is 9.21. The Bertz CT molecular complexity index is 502. The topological polar surface area (TPSA) is 13.1 Å². The molecule has 2 rings (SSSR count). The van der Waals surface area contributed by atoms with Crippen molar-refractivity contribution < 1.29 is 13.2 Å². The van der Waals surface area contributed by atoms with Crippen LogP contribution >= 0.6 is 15.9 Å². The lowest BCUT2D eigenvalue weighted by Crippen LogP contribution is -2.00. The highest BCUT2D eigenvalue weighted by molar-refractivity contribution is 9.09. The van der Waals surface area contributed by atoms with E-state index in [0.717, 1.165) is 11.3 Å². The van der Waals surface area contributed by atoms with Gasteiger partial charge in [0.05, 0.1) is 6.26 Å².